The molecule has 0 atom stereocenters. The fourth-order valence-electron chi connectivity index (χ4n) is 1.51. The van der Waals surface area contributed by atoms with Crippen LogP contribution in [0.4, 0.5) is 15.8 Å². The number of halogens is 3. The Labute approximate surface area is 118 Å². The minimum Gasteiger partial charge on any atom is -0.397 e. The van der Waals surface area contributed by atoms with Gasteiger partial charge in [0.05, 0.1) is 15.8 Å². The number of nitrogen functional groups attached to an aromatic ring is 1. The van der Waals surface area contributed by atoms with E-state index in [2.05, 4.69) is 21.2 Å². The Morgan fingerprint density at radius 2 is 1.89 bits per heavy atom. The van der Waals surface area contributed by atoms with Crippen LogP contribution in [0.5, 0.6) is 0 Å². The van der Waals surface area contributed by atoms with Crippen LogP contribution < -0.4 is 11.1 Å². The van der Waals surface area contributed by atoms with Crippen molar-refractivity contribution in [3.63, 3.8) is 0 Å². The topological polar surface area (TPSA) is 38.0 Å². The number of hydrogen-bond donors (Lipinski definition) is 2. The predicted molar refractivity (Wildman–Crippen MR) is 77.3 cm³/mol. The summed E-state index contributed by atoms with van der Waals surface area (Å²) in [5.41, 5.74) is 7.87. The number of benzene rings is 2. The average Bonchev–Trinajstić information content (AvgIpc) is 2.34. The highest BCUT2D eigenvalue weighted by atomic mass is 79.9. The van der Waals surface area contributed by atoms with Crippen molar-refractivity contribution in [1.82, 2.24) is 0 Å². The molecule has 0 amide bonds. The van der Waals surface area contributed by atoms with Crippen molar-refractivity contribution in [3.8, 4) is 0 Å². The molecule has 0 saturated carbocycles. The lowest BCUT2D eigenvalue weighted by Crippen LogP contribution is -2.03. The fourth-order valence-corrected chi connectivity index (χ4v) is 1.98. The van der Waals surface area contributed by atoms with Gasteiger partial charge < -0.3 is 11.1 Å². The summed E-state index contributed by atoms with van der Waals surface area (Å²) in [4.78, 5) is 0. The van der Waals surface area contributed by atoms with Crippen LogP contribution in [0.2, 0.25) is 5.02 Å². The van der Waals surface area contributed by atoms with Gasteiger partial charge in [0.1, 0.15) is 5.82 Å². The largest absolute Gasteiger partial charge is 0.397 e. The van der Waals surface area contributed by atoms with E-state index in [4.69, 9.17) is 17.3 Å². The Morgan fingerprint density at radius 1 is 1.22 bits per heavy atom. The monoisotopic (exact) mass is 328 g/mol. The molecule has 0 radical (unpaired) electrons. The van der Waals surface area contributed by atoms with Crippen LogP contribution in [0.3, 0.4) is 0 Å². The Kier molecular flexibility index (Phi) is 4.09. The molecule has 18 heavy (non-hydrogen) atoms. The number of rotatable bonds is 3. The van der Waals surface area contributed by atoms with E-state index in [1.807, 2.05) is 24.3 Å². The second kappa shape index (κ2) is 5.59. The van der Waals surface area contributed by atoms with Gasteiger partial charge in [-0.25, -0.2) is 4.39 Å². The first-order chi connectivity index (χ1) is 8.56. The molecule has 0 aromatic heterocycles. The van der Waals surface area contributed by atoms with Gasteiger partial charge in [0.2, 0.25) is 0 Å². The molecule has 2 aromatic carbocycles. The molecular formula is C13H11BrClFN2. The van der Waals surface area contributed by atoms with E-state index in [1.165, 1.54) is 6.07 Å². The van der Waals surface area contributed by atoms with Gasteiger partial charge in [-0.05, 0) is 39.7 Å². The number of hydrogen-bond acceptors (Lipinski definition) is 2. The summed E-state index contributed by atoms with van der Waals surface area (Å²) in [5, 5.41) is 3.85. The van der Waals surface area contributed by atoms with Crippen LogP contribution >= 0.6 is 27.5 Å². The molecule has 0 spiro atoms. The van der Waals surface area contributed by atoms with Crippen LogP contribution in [0.15, 0.2) is 40.9 Å². The van der Waals surface area contributed by atoms with Gasteiger partial charge in [0, 0.05) is 17.6 Å². The van der Waals surface area contributed by atoms with E-state index in [1.54, 1.807) is 6.07 Å². The van der Waals surface area contributed by atoms with Crippen molar-refractivity contribution in [3.05, 3.63) is 57.3 Å². The van der Waals surface area contributed by atoms with Gasteiger partial charge in [0.25, 0.3) is 0 Å². The van der Waals surface area contributed by atoms with Gasteiger partial charge in [-0.2, -0.15) is 0 Å². The van der Waals surface area contributed by atoms with E-state index in [0.717, 1.165) is 5.56 Å². The summed E-state index contributed by atoms with van der Waals surface area (Å²) in [7, 11) is 0. The molecule has 0 unspecified atom stereocenters. The zero-order valence-electron chi connectivity index (χ0n) is 9.38. The summed E-state index contributed by atoms with van der Waals surface area (Å²) in [6, 6.07) is 10.4. The zero-order valence-corrected chi connectivity index (χ0v) is 11.7. The highest BCUT2D eigenvalue weighted by molar-refractivity contribution is 9.10. The van der Waals surface area contributed by atoms with Crippen molar-refractivity contribution in [2.24, 2.45) is 0 Å². The quantitative estimate of drug-likeness (QED) is 0.817. The van der Waals surface area contributed by atoms with Crippen LogP contribution in [0.1, 0.15) is 5.56 Å². The van der Waals surface area contributed by atoms with Crippen molar-refractivity contribution < 1.29 is 4.39 Å². The first kappa shape index (κ1) is 13.2. The Morgan fingerprint density at radius 3 is 2.56 bits per heavy atom. The van der Waals surface area contributed by atoms with Crippen molar-refractivity contribution in [2.75, 3.05) is 11.1 Å². The van der Waals surface area contributed by atoms with Crippen molar-refractivity contribution >= 4 is 38.9 Å². The van der Waals surface area contributed by atoms with Gasteiger partial charge in [-0.1, -0.05) is 23.7 Å². The van der Waals surface area contributed by atoms with Gasteiger partial charge >= 0.3 is 0 Å². The minimum absolute atomic E-state index is 0.371. The first-order valence-corrected chi connectivity index (χ1v) is 6.46. The van der Waals surface area contributed by atoms with Crippen LogP contribution in [-0.2, 0) is 6.54 Å². The zero-order chi connectivity index (χ0) is 13.1. The van der Waals surface area contributed by atoms with Gasteiger partial charge in [0.15, 0.2) is 0 Å². The highest BCUT2D eigenvalue weighted by Crippen LogP contribution is 2.27. The summed E-state index contributed by atoms with van der Waals surface area (Å²) < 4.78 is 13.6. The molecule has 0 saturated heterocycles. The van der Waals surface area contributed by atoms with Gasteiger partial charge in [-0.3, -0.25) is 0 Å². The minimum atomic E-state index is -0.371. The standard InChI is InChI=1S/C13H11BrClFN2/c14-10-5-13(12(17)6-11(10)16)18-7-8-1-3-9(15)4-2-8/h1-6,18H,7,17H2. The Bertz CT molecular complexity index is 558. The molecule has 3 N–H and O–H groups in total. The molecule has 0 aliphatic rings. The van der Waals surface area contributed by atoms with Gasteiger partial charge in [-0.15, -0.1) is 0 Å². The average molecular weight is 330 g/mol. The summed E-state index contributed by atoms with van der Waals surface area (Å²) in [6.07, 6.45) is 0. The molecule has 2 nitrogen and oxygen atoms in total. The second-order valence-corrected chi connectivity index (χ2v) is 5.12. The summed E-state index contributed by atoms with van der Waals surface area (Å²) in [5.74, 6) is -0.371. The third-order valence-corrected chi connectivity index (χ3v) is 3.35. The lowest BCUT2D eigenvalue weighted by Gasteiger charge is -2.10. The highest BCUT2D eigenvalue weighted by Gasteiger charge is 2.05. The maximum Gasteiger partial charge on any atom is 0.139 e. The molecule has 2 rings (SSSR count). The first-order valence-electron chi connectivity index (χ1n) is 5.29. The van der Waals surface area contributed by atoms with E-state index in [9.17, 15) is 4.39 Å². The van der Waals surface area contributed by atoms with E-state index >= 15 is 0 Å². The lowest BCUT2D eigenvalue weighted by molar-refractivity contribution is 0.622. The van der Waals surface area contributed by atoms with Crippen molar-refractivity contribution in [1.29, 1.82) is 0 Å². The molecular weight excluding hydrogens is 319 g/mol. The summed E-state index contributed by atoms with van der Waals surface area (Å²) >= 11 is 8.93. The Balaban J connectivity index is 2.10. The maximum atomic E-state index is 13.2. The van der Waals surface area contributed by atoms with Crippen LogP contribution in [0.25, 0.3) is 0 Å². The Hall–Kier alpha value is -1.26. The molecule has 0 aliphatic heterocycles. The second-order valence-electron chi connectivity index (χ2n) is 3.83. The number of nitrogens with one attached hydrogen (secondary N) is 1. The fraction of sp³-hybridized carbons (Fsp3) is 0.0769. The molecule has 94 valence electrons. The summed E-state index contributed by atoms with van der Waals surface area (Å²) in [6.45, 7) is 0.597. The molecule has 5 heteroatoms. The predicted octanol–water partition coefficient (Wildman–Crippen LogP) is 4.44. The third-order valence-electron chi connectivity index (χ3n) is 2.49. The van der Waals surface area contributed by atoms with Crippen LogP contribution in [-0.4, -0.2) is 0 Å². The van der Waals surface area contributed by atoms with Crippen LogP contribution in [0, 0.1) is 5.82 Å². The SMILES string of the molecule is Nc1cc(F)c(Br)cc1NCc1ccc(Cl)cc1. The molecule has 0 heterocycles. The normalized spacial score (nSPS) is 10.4. The molecule has 0 fully saturated rings. The molecule has 0 aliphatic carbocycles. The van der Waals surface area contributed by atoms with E-state index in [-0.39, 0.29) is 5.82 Å². The maximum absolute atomic E-state index is 13.2. The molecule has 0 bridgehead atoms. The van der Waals surface area contributed by atoms with E-state index in [0.29, 0.717) is 27.4 Å². The van der Waals surface area contributed by atoms with E-state index < -0.39 is 0 Å². The van der Waals surface area contributed by atoms with Crippen molar-refractivity contribution in [2.45, 2.75) is 6.54 Å². The number of nitrogens with two attached hydrogens (primary N) is 1. The molecule has 2 aromatic rings. The lowest BCUT2D eigenvalue weighted by atomic mass is 10.2. The smallest absolute Gasteiger partial charge is 0.139 e. The number of anilines is 2. The third kappa shape index (κ3) is 3.15.